The predicted octanol–water partition coefficient (Wildman–Crippen LogP) is 2.84. The Labute approximate surface area is 131 Å². The third kappa shape index (κ3) is 2.58. The van der Waals surface area contributed by atoms with Gasteiger partial charge in [-0.2, -0.15) is 0 Å². The number of thiophene rings is 1. The molecule has 0 unspecified atom stereocenters. The standard InChI is InChI=1S/C14H15ClN2O3S/c15-11-5-4-10(21-11)9(18)8-17-12(19)14(16-13(17)20)6-2-1-3-7-14/h4-5H,1-3,6-8H2,(H,16,20). The van der Waals surface area contributed by atoms with Crippen LogP contribution in [-0.2, 0) is 4.79 Å². The second-order valence-corrected chi connectivity index (χ2v) is 7.21. The minimum atomic E-state index is -0.775. The van der Waals surface area contributed by atoms with Crippen molar-refractivity contribution in [1.29, 1.82) is 0 Å². The summed E-state index contributed by atoms with van der Waals surface area (Å²) in [6.07, 6.45) is 4.25. The van der Waals surface area contributed by atoms with Crippen LogP contribution in [0.2, 0.25) is 4.34 Å². The Morgan fingerprint density at radius 2 is 2.00 bits per heavy atom. The van der Waals surface area contributed by atoms with Crippen LogP contribution in [0.3, 0.4) is 0 Å². The van der Waals surface area contributed by atoms with E-state index in [1.54, 1.807) is 12.1 Å². The van der Waals surface area contributed by atoms with E-state index in [2.05, 4.69) is 5.32 Å². The van der Waals surface area contributed by atoms with Gasteiger partial charge < -0.3 is 5.32 Å². The Hall–Kier alpha value is -1.40. The van der Waals surface area contributed by atoms with Crippen LogP contribution in [0.25, 0.3) is 0 Å². The van der Waals surface area contributed by atoms with Crippen LogP contribution in [0.15, 0.2) is 12.1 Å². The van der Waals surface area contributed by atoms with E-state index >= 15 is 0 Å². The molecule has 0 radical (unpaired) electrons. The molecule has 5 nitrogen and oxygen atoms in total. The molecule has 1 aromatic heterocycles. The number of halogens is 1. The van der Waals surface area contributed by atoms with Crippen molar-refractivity contribution >= 4 is 40.7 Å². The molecule has 3 rings (SSSR count). The lowest BCUT2D eigenvalue weighted by Gasteiger charge is -2.30. The zero-order valence-corrected chi connectivity index (χ0v) is 12.9. The molecule has 2 fully saturated rings. The summed E-state index contributed by atoms with van der Waals surface area (Å²) < 4.78 is 0.513. The first-order chi connectivity index (χ1) is 10.0. The van der Waals surface area contributed by atoms with E-state index < -0.39 is 11.6 Å². The summed E-state index contributed by atoms with van der Waals surface area (Å²) in [6.45, 7) is -0.219. The van der Waals surface area contributed by atoms with Crippen LogP contribution in [0.1, 0.15) is 41.8 Å². The van der Waals surface area contributed by atoms with Gasteiger partial charge in [-0.3, -0.25) is 14.5 Å². The molecule has 1 aliphatic carbocycles. The number of nitrogens with one attached hydrogen (secondary N) is 1. The van der Waals surface area contributed by atoms with Gasteiger partial charge in [0.15, 0.2) is 5.78 Å². The van der Waals surface area contributed by atoms with Gasteiger partial charge in [-0.15, -0.1) is 11.3 Å². The summed E-state index contributed by atoms with van der Waals surface area (Å²) in [7, 11) is 0. The monoisotopic (exact) mass is 326 g/mol. The van der Waals surface area contributed by atoms with E-state index in [0.717, 1.165) is 35.5 Å². The van der Waals surface area contributed by atoms with Gasteiger partial charge in [0.2, 0.25) is 0 Å². The highest BCUT2D eigenvalue weighted by molar-refractivity contribution is 7.18. The van der Waals surface area contributed by atoms with Crippen LogP contribution in [0, 0.1) is 0 Å². The van der Waals surface area contributed by atoms with Crippen molar-refractivity contribution in [2.45, 2.75) is 37.6 Å². The number of ketones is 1. The Bertz CT molecular complexity index is 607. The number of amides is 3. The maximum Gasteiger partial charge on any atom is 0.325 e. The van der Waals surface area contributed by atoms with E-state index in [-0.39, 0.29) is 18.2 Å². The zero-order chi connectivity index (χ0) is 15.0. The molecule has 1 spiro atoms. The van der Waals surface area contributed by atoms with Crippen molar-refractivity contribution < 1.29 is 14.4 Å². The summed E-state index contributed by atoms with van der Waals surface area (Å²) in [5, 5.41) is 2.79. The predicted molar refractivity (Wildman–Crippen MR) is 79.7 cm³/mol. The smallest absolute Gasteiger partial charge is 0.323 e. The normalized spacial score (nSPS) is 20.9. The number of imide groups is 1. The molecule has 7 heteroatoms. The van der Waals surface area contributed by atoms with E-state index in [9.17, 15) is 14.4 Å². The van der Waals surface area contributed by atoms with Crippen LogP contribution >= 0.6 is 22.9 Å². The Morgan fingerprint density at radius 3 is 2.62 bits per heavy atom. The maximum absolute atomic E-state index is 12.5. The van der Waals surface area contributed by atoms with E-state index in [1.165, 1.54) is 0 Å². The van der Waals surface area contributed by atoms with Gasteiger partial charge in [0.1, 0.15) is 5.54 Å². The van der Waals surface area contributed by atoms with Gasteiger partial charge >= 0.3 is 6.03 Å². The minimum absolute atomic E-state index is 0.219. The zero-order valence-electron chi connectivity index (χ0n) is 11.4. The van der Waals surface area contributed by atoms with Crippen molar-refractivity contribution in [1.82, 2.24) is 10.2 Å². The van der Waals surface area contributed by atoms with Crippen LogP contribution in [-0.4, -0.2) is 34.7 Å². The SMILES string of the molecule is O=C(CN1C(=O)NC2(CCCCC2)C1=O)c1ccc(Cl)s1. The topological polar surface area (TPSA) is 66.5 Å². The average molecular weight is 327 g/mol. The molecule has 1 saturated carbocycles. The lowest BCUT2D eigenvalue weighted by molar-refractivity contribution is -0.132. The number of Topliss-reactive ketones (excluding diaryl/α,β-unsaturated/α-hetero) is 1. The first kappa shape index (κ1) is 14.5. The molecule has 2 aliphatic rings. The maximum atomic E-state index is 12.5. The van der Waals surface area contributed by atoms with Crippen LogP contribution in [0.5, 0.6) is 0 Å². The second kappa shape index (κ2) is 5.42. The first-order valence-corrected chi connectivity index (χ1v) is 8.14. The molecule has 21 heavy (non-hydrogen) atoms. The summed E-state index contributed by atoms with van der Waals surface area (Å²) in [5.74, 6) is -0.522. The quantitative estimate of drug-likeness (QED) is 0.686. The fraction of sp³-hybridized carbons (Fsp3) is 0.500. The summed E-state index contributed by atoms with van der Waals surface area (Å²) >= 11 is 6.96. The van der Waals surface area contributed by atoms with Gasteiger partial charge in [0.05, 0.1) is 15.8 Å². The number of hydrogen-bond donors (Lipinski definition) is 1. The molecule has 1 N–H and O–H groups in total. The highest BCUT2D eigenvalue weighted by Gasteiger charge is 2.51. The van der Waals surface area contributed by atoms with Crippen molar-refractivity contribution in [2.24, 2.45) is 0 Å². The van der Waals surface area contributed by atoms with Crippen LogP contribution < -0.4 is 5.32 Å². The molecule has 2 heterocycles. The van der Waals surface area contributed by atoms with Crippen molar-refractivity contribution in [3.63, 3.8) is 0 Å². The fourth-order valence-electron chi connectivity index (χ4n) is 3.00. The molecule has 0 aromatic carbocycles. The van der Waals surface area contributed by atoms with E-state index in [1.807, 2.05) is 0 Å². The molecular weight excluding hydrogens is 312 g/mol. The number of urea groups is 1. The van der Waals surface area contributed by atoms with Gasteiger partial charge in [0, 0.05) is 0 Å². The Morgan fingerprint density at radius 1 is 1.29 bits per heavy atom. The molecule has 1 saturated heterocycles. The molecule has 0 atom stereocenters. The summed E-state index contributed by atoms with van der Waals surface area (Å²) in [4.78, 5) is 38.2. The van der Waals surface area contributed by atoms with Gasteiger partial charge in [0.25, 0.3) is 5.91 Å². The molecular formula is C14H15ClN2O3S. The number of hydrogen-bond acceptors (Lipinski definition) is 4. The number of carbonyl (C=O) groups excluding carboxylic acids is 3. The van der Waals surface area contributed by atoms with E-state index in [4.69, 9.17) is 11.6 Å². The van der Waals surface area contributed by atoms with E-state index in [0.29, 0.717) is 22.1 Å². The van der Waals surface area contributed by atoms with Crippen molar-refractivity contribution in [3.8, 4) is 0 Å². The van der Waals surface area contributed by atoms with Gasteiger partial charge in [-0.05, 0) is 25.0 Å². The molecule has 112 valence electrons. The molecule has 0 bridgehead atoms. The molecule has 3 amide bonds. The van der Waals surface area contributed by atoms with Gasteiger partial charge in [-0.25, -0.2) is 4.79 Å². The largest absolute Gasteiger partial charge is 0.325 e. The number of carbonyl (C=O) groups is 3. The minimum Gasteiger partial charge on any atom is -0.323 e. The Balaban J connectivity index is 1.75. The second-order valence-electron chi connectivity index (χ2n) is 5.49. The third-order valence-electron chi connectivity index (χ3n) is 4.10. The first-order valence-electron chi connectivity index (χ1n) is 6.94. The molecule has 1 aliphatic heterocycles. The lowest BCUT2D eigenvalue weighted by atomic mass is 9.82. The highest BCUT2D eigenvalue weighted by Crippen LogP contribution is 2.33. The van der Waals surface area contributed by atoms with Gasteiger partial charge in [-0.1, -0.05) is 30.9 Å². The van der Waals surface area contributed by atoms with Crippen molar-refractivity contribution in [3.05, 3.63) is 21.3 Å². The van der Waals surface area contributed by atoms with Crippen molar-refractivity contribution in [2.75, 3.05) is 6.54 Å². The number of nitrogens with zero attached hydrogens (tertiary/aromatic N) is 1. The Kier molecular flexibility index (Phi) is 3.75. The number of rotatable bonds is 3. The van der Waals surface area contributed by atoms with Crippen LogP contribution in [0.4, 0.5) is 4.79 Å². The third-order valence-corrected chi connectivity index (χ3v) is 5.37. The lowest BCUT2D eigenvalue weighted by Crippen LogP contribution is -2.48. The average Bonchev–Trinajstić information content (AvgIpc) is 2.98. The fourth-order valence-corrected chi connectivity index (χ4v) is 3.97. The summed E-state index contributed by atoms with van der Waals surface area (Å²) in [6, 6.07) is 2.79. The highest BCUT2D eigenvalue weighted by atomic mass is 35.5. The molecule has 1 aromatic rings. The summed E-state index contributed by atoms with van der Waals surface area (Å²) in [5.41, 5.74) is -0.775.